The molecule has 0 spiro atoms. The highest BCUT2D eigenvalue weighted by Gasteiger charge is 2.13. The van der Waals surface area contributed by atoms with Gasteiger partial charge in [0, 0.05) is 11.9 Å². The van der Waals surface area contributed by atoms with Gasteiger partial charge in [-0.3, -0.25) is 5.10 Å². The van der Waals surface area contributed by atoms with Crippen molar-refractivity contribution in [2.75, 3.05) is 0 Å². The van der Waals surface area contributed by atoms with Crippen LogP contribution >= 0.6 is 0 Å². The first-order valence-electron chi connectivity index (χ1n) is 3.73. The zero-order chi connectivity index (χ0) is 9.84. The molecule has 0 radical (unpaired) electrons. The highest BCUT2D eigenvalue weighted by molar-refractivity contribution is 6.02. The van der Waals surface area contributed by atoms with E-state index in [0.717, 1.165) is 0 Å². The second kappa shape index (κ2) is 3.63. The summed E-state index contributed by atoms with van der Waals surface area (Å²) in [6.45, 7) is 3.35. The lowest BCUT2D eigenvalue weighted by Crippen LogP contribution is -1.93. The second-order valence-corrected chi connectivity index (χ2v) is 2.42. The van der Waals surface area contributed by atoms with E-state index in [1.807, 2.05) is 6.07 Å². The van der Waals surface area contributed by atoms with Crippen LogP contribution in [0.2, 0.25) is 0 Å². The molecule has 0 aliphatic carbocycles. The van der Waals surface area contributed by atoms with E-state index in [1.54, 1.807) is 20.1 Å². The number of aliphatic imine (C=N–C) groups is 1. The lowest BCUT2D eigenvalue weighted by atomic mass is 10.1. The van der Waals surface area contributed by atoms with Gasteiger partial charge in [-0.1, -0.05) is 0 Å². The topological polar surface area (TPSA) is 88.7 Å². The maximum atomic E-state index is 8.68. The molecular weight excluding hydrogens is 166 g/mol. The van der Waals surface area contributed by atoms with Crippen molar-refractivity contribution in [2.45, 2.75) is 13.8 Å². The minimum atomic E-state index is 0.283. The van der Waals surface area contributed by atoms with Crippen molar-refractivity contribution < 1.29 is 0 Å². The van der Waals surface area contributed by atoms with Crippen LogP contribution in [-0.2, 0) is 0 Å². The third kappa shape index (κ3) is 1.62. The Balaban J connectivity index is 3.32. The summed E-state index contributed by atoms with van der Waals surface area (Å²) in [5.41, 5.74) is 1.04. The first-order valence-corrected chi connectivity index (χ1v) is 3.73. The smallest absolute Gasteiger partial charge is 0.183 e. The number of nitriles is 1. The predicted octanol–water partition coefficient (Wildman–Crippen LogP) is 1.39. The summed E-state index contributed by atoms with van der Waals surface area (Å²) in [5.74, 6) is 0.395. The predicted molar refractivity (Wildman–Crippen MR) is 49.6 cm³/mol. The van der Waals surface area contributed by atoms with Gasteiger partial charge in [0.05, 0.1) is 5.56 Å². The van der Waals surface area contributed by atoms with Gasteiger partial charge < -0.3 is 5.41 Å². The highest BCUT2D eigenvalue weighted by Crippen LogP contribution is 2.18. The standard InChI is InChI=1S/C8H9N5/c1-3-11-8-7(5(2)10)6(4-9)12-13-8/h3,10H,1-2H3,(H,12,13). The van der Waals surface area contributed by atoms with Crippen LogP contribution in [0.1, 0.15) is 25.1 Å². The van der Waals surface area contributed by atoms with E-state index >= 15 is 0 Å². The SMILES string of the molecule is CC=Nc1n[nH]c(C#N)c1C(C)=N. The van der Waals surface area contributed by atoms with Gasteiger partial charge in [-0.2, -0.15) is 10.4 Å². The molecule has 66 valence electrons. The fourth-order valence-corrected chi connectivity index (χ4v) is 0.984. The fraction of sp³-hybridized carbons (Fsp3) is 0.250. The lowest BCUT2D eigenvalue weighted by molar-refractivity contribution is 1.07. The zero-order valence-electron chi connectivity index (χ0n) is 7.42. The Hall–Kier alpha value is -1.96. The van der Waals surface area contributed by atoms with Crippen LogP contribution in [-0.4, -0.2) is 22.1 Å². The molecule has 0 bridgehead atoms. The number of nitrogens with zero attached hydrogens (tertiary/aromatic N) is 3. The Morgan fingerprint density at radius 1 is 1.77 bits per heavy atom. The number of hydrogen-bond acceptors (Lipinski definition) is 4. The molecule has 0 aromatic carbocycles. The number of rotatable bonds is 2. The molecular formula is C8H9N5. The van der Waals surface area contributed by atoms with Gasteiger partial charge in [-0.15, -0.1) is 0 Å². The van der Waals surface area contributed by atoms with Crippen molar-refractivity contribution in [1.29, 1.82) is 10.7 Å². The molecule has 1 aromatic heterocycles. The van der Waals surface area contributed by atoms with E-state index in [-0.39, 0.29) is 11.4 Å². The molecule has 5 nitrogen and oxygen atoms in total. The van der Waals surface area contributed by atoms with Gasteiger partial charge in [-0.25, -0.2) is 4.99 Å². The highest BCUT2D eigenvalue weighted by atomic mass is 15.2. The lowest BCUT2D eigenvalue weighted by Gasteiger charge is -1.93. The molecule has 1 heterocycles. The van der Waals surface area contributed by atoms with Gasteiger partial charge in [0.1, 0.15) is 11.8 Å². The van der Waals surface area contributed by atoms with Crippen LogP contribution in [0.25, 0.3) is 0 Å². The van der Waals surface area contributed by atoms with Crippen LogP contribution in [0.3, 0.4) is 0 Å². The average molecular weight is 175 g/mol. The Morgan fingerprint density at radius 2 is 2.46 bits per heavy atom. The number of aromatic nitrogens is 2. The van der Waals surface area contributed by atoms with Crippen molar-refractivity contribution in [2.24, 2.45) is 4.99 Å². The number of aromatic amines is 1. The van der Waals surface area contributed by atoms with Gasteiger partial charge >= 0.3 is 0 Å². The van der Waals surface area contributed by atoms with Crippen LogP contribution in [0.5, 0.6) is 0 Å². The molecule has 0 saturated heterocycles. The van der Waals surface area contributed by atoms with Crippen molar-refractivity contribution in [3.8, 4) is 6.07 Å². The van der Waals surface area contributed by atoms with E-state index in [4.69, 9.17) is 10.7 Å². The summed E-state index contributed by atoms with van der Waals surface area (Å²) >= 11 is 0. The van der Waals surface area contributed by atoms with E-state index in [1.165, 1.54) is 0 Å². The molecule has 0 fully saturated rings. The van der Waals surface area contributed by atoms with E-state index in [9.17, 15) is 0 Å². The minimum Gasteiger partial charge on any atom is -0.305 e. The van der Waals surface area contributed by atoms with Crippen molar-refractivity contribution >= 4 is 17.7 Å². The third-order valence-corrected chi connectivity index (χ3v) is 1.49. The monoisotopic (exact) mass is 175 g/mol. The van der Waals surface area contributed by atoms with Crippen LogP contribution in [0.15, 0.2) is 4.99 Å². The Kier molecular flexibility index (Phi) is 2.55. The molecule has 0 saturated carbocycles. The molecule has 1 aromatic rings. The second-order valence-electron chi connectivity index (χ2n) is 2.42. The number of H-pyrrole nitrogens is 1. The largest absolute Gasteiger partial charge is 0.305 e. The van der Waals surface area contributed by atoms with E-state index in [0.29, 0.717) is 11.4 Å². The van der Waals surface area contributed by atoms with Crippen molar-refractivity contribution in [3.05, 3.63) is 11.3 Å². The summed E-state index contributed by atoms with van der Waals surface area (Å²) in [4.78, 5) is 3.94. The van der Waals surface area contributed by atoms with E-state index < -0.39 is 0 Å². The average Bonchev–Trinajstić information content (AvgIpc) is 2.48. The Labute approximate surface area is 75.6 Å². The maximum absolute atomic E-state index is 8.68. The van der Waals surface area contributed by atoms with E-state index in [2.05, 4.69) is 15.2 Å². The molecule has 0 amide bonds. The summed E-state index contributed by atoms with van der Waals surface area (Å²) < 4.78 is 0. The molecule has 0 unspecified atom stereocenters. The summed E-state index contributed by atoms with van der Waals surface area (Å²) in [5, 5.41) is 22.4. The molecule has 5 heteroatoms. The molecule has 13 heavy (non-hydrogen) atoms. The van der Waals surface area contributed by atoms with Gasteiger partial charge in [0.25, 0.3) is 0 Å². The summed E-state index contributed by atoms with van der Waals surface area (Å²) in [6.07, 6.45) is 1.57. The first kappa shape index (κ1) is 9.13. The molecule has 0 aliphatic rings. The third-order valence-electron chi connectivity index (χ3n) is 1.49. The summed E-state index contributed by atoms with van der Waals surface area (Å²) in [6, 6.07) is 1.92. The first-order chi connectivity index (χ1) is 6.20. The molecule has 2 N–H and O–H groups in total. The fourth-order valence-electron chi connectivity index (χ4n) is 0.984. The van der Waals surface area contributed by atoms with Crippen LogP contribution in [0, 0.1) is 16.7 Å². The molecule has 0 atom stereocenters. The maximum Gasteiger partial charge on any atom is 0.183 e. The minimum absolute atomic E-state index is 0.283. The molecule has 0 aliphatic heterocycles. The number of hydrogen-bond donors (Lipinski definition) is 2. The van der Waals surface area contributed by atoms with Crippen molar-refractivity contribution in [1.82, 2.24) is 10.2 Å². The van der Waals surface area contributed by atoms with Crippen molar-refractivity contribution in [3.63, 3.8) is 0 Å². The normalized spacial score (nSPS) is 10.2. The van der Waals surface area contributed by atoms with Gasteiger partial charge in [-0.05, 0) is 13.8 Å². The summed E-state index contributed by atoms with van der Waals surface area (Å²) in [7, 11) is 0. The zero-order valence-corrected chi connectivity index (χ0v) is 7.42. The van der Waals surface area contributed by atoms with Gasteiger partial charge in [0.15, 0.2) is 5.82 Å². The Bertz CT molecular complexity index is 393. The quantitative estimate of drug-likeness (QED) is 0.665. The number of nitrogens with one attached hydrogen (secondary N) is 2. The molecule has 1 rings (SSSR count). The Morgan fingerprint density at radius 3 is 2.92 bits per heavy atom. The van der Waals surface area contributed by atoms with Crippen LogP contribution in [0.4, 0.5) is 5.82 Å². The van der Waals surface area contributed by atoms with Gasteiger partial charge in [0.2, 0.25) is 0 Å². The van der Waals surface area contributed by atoms with Crippen LogP contribution < -0.4 is 0 Å².